The van der Waals surface area contributed by atoms with Crippen LogP contribution >= 0.6 is 0 Å². The van der Waals surface area contributed by atoms with Gasteiger partial charge in [-0.15, -0.1) is 0 Å². The van der Waals surface area contributed by atoms with Crippen molar-refractivity contribution in [1.82, 2.24) is 19.8 Å². The summed E-state index contributed by atoms with van der Waals surface area (Å²) in [6, 6.07) is 0. The molecule has 7 heteroatoms. The summed E-state index contributed by atoms with van der Waals surface area (Å²) in [5.41, 5.74) is 0. The number of rotatable bonds is 8. The fourth-order valence-corrected chi connectivity index (χ4v) is 1.79. The van der Waals surface area contributed by atoms with Crippen LogP contribution in [0.1, 0.15) is 32.6 Å². The first kappa shape index (κ1) is 15.6. The molecule has 0 aliphatic carbocycles. The van der Waals surface area contributed by atoms with Crippen molar-refractivity contribution in [2.24, 2.45) is 0 Å². The predicted octanol–water partition coefficient (Wildman–Crippen LogP) is 1.63. The van der Waals surface area contributed by atoms with Crippen LogP contribution in [0.4, 0.5) is 8.78 Å². The lowest BCUT2D eigenvalue weighted by molar-refractivity contribution is -0.130. The highest BCUT2D eigenvalue weighted by Gasteiger charge is 2.11. The second-order valence-corrected chi connectivity index (χ2v) is 4.02. The van der Waals surface area contributed by atoms with Crippen LogP contribution in [0.2, 0.25) is 0 Å². The highest BCUT2D eigenvalue weighted by Crippen LogP contribution is 2.11. The third kappa shape index (κ3) is 4.59. The van der Waals surface area contributed by atoms with Gasteiger partial charge in [0.25, 0.3) is 0 Å². The first-order valence-corrected chi connectivity index (χ1v) is 6.38. The van der Waals surface area contributed by atoms with Gasteiger partial charge in [0.15, 0.2) is 0 Å². The van der Waals surface area contributed by atoms with E-state index >= 15 is 0 Å². The quantitative estimate of drug-likeness (QED) is 0.733. The van der Waals surface area contributed by atoms with Crippen molar-refractivity contribution in [3.05, 3.63) is 18.2 Å². The summed E-state index contributed by atoms with van der Waals surface area (Å²) in [5, 5.41) is 2.95. The van der Waals surface area contributed by atoms with Gasteiger partial charge in [-0.1, -0.05) is 0 Å². The zero-order chi connectivity index (χ0) is 14.3. The minimum Gasteiger partial charge on any atom is -0.343 e. The van der Waals surface area contributed by atoms with E-state index in [1.807, 2.05) is 13.8 Å². The summed E-state index contributed by atoms with van der Waals surface area (Å²) in [4.78, 5) is 17.3. The number of amides is 1. The smallest absolute Gasteiger partial charge is 0.319 e. The molecule has 0 radical (unpaired) electrons. The maximum atomic E-state index is 12.5. The maximum Gasteiger partial charge on any atom is 0.319 e. The molecule has 0 saturated carbocycles. The second kappa shape index (κ2) is 7.83. The van der Waals surface area contributed by atoms with Gasteiger partial charge in [0.2, 0.25) is 5.91 Å². The highest BCUT2D eigenvalue weighted by molar-refractivity contribution is 5.76. The molecule has 0 aliphatic heterocycles. The van der Waals surface area contributed by atoms with E-state index in [1.165, 1.54) is 12.4 Å². The maximum absolute atomic E-state index is 12.5. The summed E-state index contributed by atoms with van der Waals surface area (Å²) in [5.74, 6) is 0.333. The Morgan fingerprint density at radius 3 is 2.74 bits per heavy atom. The van der Waals surface area contributed by atoms with E-state index in [1.54, 1.807) is 4.90 Å². The van der Waals surface area contributed by atoms with E-state index in [2.05, 4.69) is 10.3 Å². The Labute approximate surface area is 111 Å². The zero-order valence-electron chi connectivity index (χ0n) is 11.3. The van der Waals surface area contributed by atoms with Crippen molar-refractivity contribution in [3.63, 3.8) is 0 Å². The number of alkyl halides is 2. The minimum absolute atomic E-state index is 0.0645. The lowest BCUT2D eigenvalue weighted by atomic mass is 10.3. The third-order valence-electron chi connectivity index (χ3n) is 2.87. The molecule has 19 heavy (non-hydrogen) atoms. The molecule has 0 unspecified atom stereocenters. The summed E-state index contributed by atoms with van der Waals surface area (Å²) >= 11 is 0. The first-order chi connectivity index (χ1) is 9.10. The van der Waals surface area contributed by atoms with Gasteiger partial charge >= 0.3 is 6.55 Å². The van der Waals surface area contributed by atoms with Gasteiger partial charge in [-0.3, -0.25) is 9.36 Å². The van der Waals surface area contributed by atoms with E-state index in [9.17, 15) is 13.6 Å². The fraction of sp³-hybridized carbons (Fsp3) is 0.667. The van der Waals surface area contributed by atoms with E-state index in [0.29, 0.717) is 26.1 Å². The van der Waals surface area contributed by atoms with Crippen LogP contribution in [0.25, 0.3) is 0 Å². The van der Waals surface area contributed by atoms with Crippen molar-refractivity contribution in [2.75, 3.05) is 19.6 Å². The molecule has 1 aromatic rings. The number of aromatic nitrogens is 2. The number of carbonyl (C=O) groups is 1. The molecule has 1 heterocycles. The van der Waals surface area contributed by atoms with E-state index < -0.39 is 6.55 Å². The summed E-state index contributed by atoms with van der Waals surface area (Å²) < 4.78 is 25.9. The van der Waals surface area contributed by atoms with Crippen LogP contribution in [0.15, 0.2) is 12.4 Å². The molecule has 108 valence electrons. The average Bonchev–Trinajstić information content (AvgIpc) is 2.84. The van der Waals surface area contributed by atoms with Crippen molar-refractivity contribution in [2.45, 2.75) is 33.4 Å². The van der Waals surface area contributed by atoms with Gasteiger partial charge in [0, 0.05) is 38.4 Å². The SMILES string of the molecule is CCN(CC)C(=O)CCNCc1nccn1C(F)F. The molecule has 1 N–H and O–H groups in total. The van der Waals surface area contributed by atoms with Crippen LogP contribution in [0.3, 0.4) is 0 Å². The second-order valence-electron chi connectivity index (χ2n) is 4.02. The van der Waals surface area contributed by atoms with Gasteiger partial charge in [-0.05, 0) is 13.8 Å². The molecule has 1 aromatic heterocycles. The molecule has 0 spiro atoms. The van der Waals surface area contributed by atoms with E-state index in [0.717, 1.165) is 4.57 Å². The molecule has 1 rings (SSSR count). The molecule has 0 bridgehead atoms. The predicted molar refractivity (Wildman–Crippen MR) is 67.7 cm³/mol. The number of carbonyl (C=O) groups excluding carboxylic acids is 1. The number of imidazole rings is 1. The van der Waals surface area contributed by atoms with Crippen LogP contribution in [-0.2, 0) is 11.3 Å². The molecule has 0 aromatic carbocycles. The molecule has 1 amide bonds. The number of hydrogen-bond donors (Lipinski definition) is 1. The Kier molecular flexibility index (Phi) is 6.41. The van der Waals surface area contributed by atoms with Crippen molar-refractivity contribution in [1.29, 1.82) is 0 Å². The van der Waals surface area contributed by atoms with Gasteiger partial charge < -0.3 is 10.2 Å². The Balaban J connectivity index is 2.31. The summed E-state index contributed by atoms with van der Waals surface area (Å²) in [6.45, 7) is 3.31. The van der Waals surface area contributed by atoms with Crippen molar-refractivity contribution < 1.29 is 13.6 Å². The molecule has 0 aliphatic rings. The highest BCUT2D eigenvalue weighted by atomic mass is 19.3. The standard InChI is InChI=1S/C12H20F2N4O/c1-3-17(4-2)11(19)5-6-15-9-10-16-7-8-18(10)12(13)14/h7-8,12,15H,3-6,9H2,1-2H3. The Morgan fingerprint density at radius 1 is 1.47 bits per heavy atom. The molecule has 0 atom stereocenters. The monoisotopic (exact) mass is 274 g/mol. The van der Waals surface area contributed by atoms with Crippen LogP contribution in [-0.4, -0.2) is 40.0 Å². The van der Waals surface area contributed by atoms with Gasteiger partial charge in [0.05, 0.1) is 6.54 Å². The Hall–Kier alpha value is -1.50. The number of halogens is 2. The molecule has 0 fully saturated rings. The number of hydrogen-bond acceptors (Lipinski definition) is 3. The van der Waals surface area contributed by atoms with Crippen LogP contribution < -0.4 is 5.32 Å². The van der Waals surface area contributed by atoms with Crippen molar-refractivity contribution >= 4 is 5.91 Å². The van der Waals surface area contributed by atoms with Gasteiger partial charge in [-0.25, -0.2) is 4.98 Å². The fourth-order valence-electron chi connectivity index (χ4n) is 1.79. The third-order valence-corrected chi connectivity index (χ3v) is 2.87. The minimum atomic E-state index is -2.59. The molecular formula is C12H20F2N4O. The molecular weight excluding hydrogens is 254 g/mol. The number of nitrogens with zero attached hydrogens (tertiary/aromatic N) is 3. The zero-order valence-corrected chi connectivity index (χ0v) is 11.3. The lowest BCUT2D eigenvalue weighted by Gasteiger charge is -2.18. The topological polar surface area (TPSA) is 50.2 Å². The van der Waals surface area contributed by atoms with Gasteiger partial charge in [0.1, 0.15) is 5.82 Å². The summed E-state index contributed by atoms with van der Waals surface area (Å²) in [7, 11) is 0. The van der Waals surface area contributed by atoms with Crippen molar-refractivity contribution in [3.8, 4) is 0 Å². The van der Waals surface area contributed by atoms with Gasteiger partial charge in [-0.2, -0.15) is 8.78 Å². The largest absolute Gasteiger partial charge is 0.343 e. The lowest BCUT2D eigenvalue weighted by Crippen LogP contribution is -2.33. The molecule has 5 nitrogen and oxygen atoms in total. The Bertz CT molecular complexity index is 391. The van der Waals surface area contributed by atoms with E-state index in [4.69, 9.17) is 0 Å². The van der Waals surface area contributed by atoms with E-state index in [-0.39, 0.29) is 18.3 Å². The van der Waals surface area contributed by atoms with Crippen LogP contribution in [0.5, 0.6) is 0 Å². The first-order valence-electron chi connectivity index (χ1n) is 6.38. The normalized spacial score (nSPS) is 11.0. The number of nitrogens with one attached hydrogen (secondary N) is 1. The average molecular weight is 274 g/mol. The molecule has 0 saturated heterocycles. The Morgan fingerprint density at radius 2 is 2.16 bits per heavy atom. The van der Waals surface area contributed by atoms with Crippen LogP contribution in [0, 0.1) is 0 Å². The summed E-state index contributed by atoms with van der Waals surface area (Å²) in [6.07, 6.45) is 2.93.